The van der Waals surface area contributed by atoms with E-state index in [1.165, 1.54) is 6.92 Å². The van der Waals surface area contributed by atoms with Crippen molar-refractivity contribution in [1.82, 2.24) is 10.2 Å². The Labute approximate surface area is 86.0 Å². The molecule has 1 aliphatic rings. The number of hydrogen-bond acceptors (Lipinski definition) is 5. The molecule has 84 valence electrons. The molecule has 0 radical (unpaired) electrons. The maximum Gasteiger partial charge on any atom is 0.416 e. The number of rotatable bonds is 4. The van der Waals surface area contributed by atoms with E-state index < -0.39 is 24.0 Å². The molecule has 0 bridgehead atoms. The highest BCUT2D eigenvalue weighted by molar-refractivity contribution is 5.94. The van der Waals surface area contributed by atoms with Gasteiger partial charge in [0, 0.05) is 0 Å². The second-order valence-corrected chi connectivity index (χ2v) is 3.10. The van der Waals surface area contributed by atoms with Crippen LogP contribution in [0, 0.1) is 0 Å². The average molecular weight is 216 g/mol. The number of ether oxygens (including phenoxy) is 1. The van der Waals surface area contributed by atoms with E-state index in [0.29, 0.717) is 0 Å². The third-order valence-corrected chi connectivity index (χ3v) is 1.99. The van der Waals surface area contributed by atoms with Gasteiger partial charge < -0.3 is 9.84 Å². The number of carboxylic acid groups (broad SMARTS) is 1. The molecule has 0 aromatic rings. The fourth-order valence-electron chi connectivity index (χ4n) is 1.04. The lowest BCUT2D eigenvalue weighted by Crippen LogP contribution is -2.43. The number of carboxylic acids is 1. The van der Waals surface area contributed by atoms with Crippen molar-refractivity contribution in [1.29, 1.82) is 0 Å². The highest BCUT2D eigenvalue weighted by Crippen LogP contribution is 2.02. The molecular formula is C8H12N2O5. The minimum Gasteiger partial charge on any atom is -0.480 e. The molecule has 0 saturated carbocycles. The molecule has 0 spiro atoms. The molecule has 1 atom stereocenters. The summed E-state index contributed by atoms with van der Waals surface area (Å²) in [5, 5.41) is 11.0. The molecule has 15 heavy (non-hydrogen) atoms. The number of aliphatic carboxylic acids is 1. The molecule has 0 aliphatic carbocycles. The van der Waals surface area contributed by atoms with Gasteiger partial charge in [0.25, 0.3) is 0 Å². The van der Waals surface area contributed by atoms with Gasteiger partial charge in [-0.15, -0.1) is 0 Å². The summed E-state index contributed by atoms with van der Waals surface area (Å²) in [6.07, 6.45) is -0.676. The second-order valence-electron chi connectivity index (χ2n) is 3.10. The van der Waals surface area contributed by atoms with Crippen molar-refractivity contribution in [3.63, 3.8) is 0 Å². The number of nitrogens with zero attached hydrogens (tertiary/aromatic N) is 1. The standard InChI is InChI=1S/C8H12N2O5/c1-5(7(12)13)9-4-6(11)10-2-3-15-8(10)14/h5,9H,2-4H2,1H3,(H,12,13). The zero-order chi connectivity index (χ0) is 11.4. The molecule has 2 N–H and O–H groups in total. The number of cyclic esters (lactones) is 1. The van der Waals surface area contributed by atoms with Gasteiger partial charge in [0.15, 0.2) is 0 Å². The van der Waals surface area contributed by atoms with Crippen LogP contribution >= 0.6 is 0 Å². The van der Waals surface area contributed by atoms with Crippen LogP contribution in [0.3, 0.4) is 0 Å². The third-order valence-electron chi connectivity index (χ3n) is 1.99. The summed E-state index contributed by atoms with van der Waals surface area (Å²) in [6.45, 7) is 1.64. The average Bonchev–Trinajstić information content (AvgIpc) is 2.60. The molecule has 7 nitrogen and oxygen atoms in total. The number of imide groups is 1. The third kappa shape index (κ3) is 2.91. The van der Waals surface area contributed by atoms with Crippen LogP contribution < -0.4 is 5.32 Å². The second kappa shape index (κ2) is 4.74. The molecule has 1 heterocycles. The van der Waals surface area contributed by atoms with E-state index in [1.54, 1.807) is 0 Å². The molecule has 1 unspecified atom stereocenters. The summed E-state index contributed by atoms with van der Waals surface area (Å²) >= 11 is 0. The van der Waals surface area contributed by atoms with Gasteiger partial charge in [0.2, 0.25) is 5.91 Å². The Morgan fingerprint density at radius 1 is 1.67 bits per heavy atom. The van der Waals surface area contributed by atoms with Gasteiger partial charge in [0.05, 0.1) is 13.1 Å². The van der Waals surface area contributed by atoms with E-state index in [2.05, 4.69) is 10.1 Å². The van der Waals surface area contributed by atoms with Crippen LogP contribution in [0.2, 0.25) is 0 Å². The van der Waals surface area contributed by atoms with Gasteiger partial charge in [-0.2, -0.15) is 0 Å². The highest BCUT2D eigenvalue weighted by atomic mass is 16.6. The predicted octanol–water partition coefficient (Wildman–Crippen LogP) is -0.972. The molecule has 1 fully saturated rings. The van der Waals surface area contributed by atoms with Crippen LogP contribution in [0.4, 0.5) is 4.79 Å². The van der Waals surface area contributed by atoms with Crippen LogP contribution in [0.5, 0.6) is 0 Å². The Bertz CT molecular complexity index is 291. The molecule has 1 saturated heterocycles. The number of carbonyl (C=O) groups excluding carboxylic acids is 2. The van der Waals surface area contributed by atoms with E-state index in [4.69, 9.17) is 5.11 Å². The van der Waals surface area contributed by atoms with E-state index in [0.717, 1.165) is 4.90 Å². The van der Waals surface area contributed by atoms with Gasteiger partial charge in [-0.1, -0.05) is 0 Å². The van der Waals surface area contributed by atoms with E-state index in [9.17, 15) is 14.4 Å². The SMILES string of the molecule is CC(NCC(=O)N1CCOC1=O)C(=O)O. The number of hydrogen-bond donors (Lipinski definition) is 2. The molecule has 2 amide bonds. The minimum absolute atomic E-state index is 0.192. The van der Waals surface area contributed by atoms with Crippen molar-refractivity contribution in [3.8, 4) is 0 Å². The quantitative estimate of drug-likeness (QED) is 0.627. The highest BCUT2D eigenvalue weighted by Gasteiger charge is 2.28. The van der Waals surface area contributed by atoms with Crippen LogP contribution in [0.15, 0.2) is 0 Å². The first-order chi connectivity index (χ1) is 7.02. The van der Waals surface area contributed by atoms with Crippen LogP contribution in [-0.2, 0) is 14.3 Å². The van der Waals surface area contributed by atoms with Gasteiger partial charge in [-0.25, -0.2) is 9.69 Å². The van der Waals surface area contributed by atoms with E-state index in [-0.39, 0.29) is 19.7 Å². The van der Waals surface area contributed by atoms with Gasteiger partial charge in [0.1, 0.15) is 12.6 Å². The van der Waals surface area contributed by atoms with Crippen molar-refractivity contribution in [2.45, 2.75) is 13.0 Å². The molecule has 1 rings (SSSR count). The Balaban J connectivity index is 2.36. The maximum atomic E-state index is 11.4. The zero-order valence-electron chi connectivity index (χ0n) is 8.23. The summed E-state index contributed by atoms with van der Waals surface area (Å²) in [5.74, 6) is -1.53. The first kappa shape index (κ1) is 11.4. The first-order valence-electron chi connectivity index (χ1n) is 4.45. The van der Waals surface area contributed by atoms with E-state index in [1.807, 2.05) is 0 Å². The lowest BCUT2D eigenvalue weighted by Gasteiger charge is -2.12. The monoisotopic (exact) mass is 216 g/mol. The van der Waals surface area contributed by atoms with Crippen LogP contribution in [0.25, 0.3) is 0 Å². The van der Waals surface area contributed by atoms with Crippen LogP contribution in [-0.4, -0.2) is 53.7 Å². The lowest BCUT2D eigenvalue weighted by atomic mass is 10.3. The van der Waals surface area contributed by atoms with Gasteiger partial charge in [-0.05, 0) is 6.92 Å². The van der Waals surface area contributed by atoms with Gasteiger partial charge >= 0.3 is 12.1 Å². The van der Waals surface area contributed by atoms with Crippen molar-refractivity contribution in [2.75, 3.05) is 19.7 Å². The normalized spacial score (nSPS) is 17.4. The smallest absolute Gasteiger partial charge is 0.416 e. The number of nitrogens with one attached hydrogen (secondary N) is 1. The van der Waals surface area contributed by atoms with Crippen molar-refractivity contribution in [2.24, 2.45) is 0 Å². The molecule has 0 aromatic heterocycles. The van der Waals surface area contributed by atoms with E-state index >= 15 is 0 Å². The van der Waals surface area contributed by atoms with Gasteiger partial charge in [-0.3, -0.25) is 14.9 Å². The number of amides is 2. The van der Waals surface area contributed by atoms with Crippen molar-refractivity contribution in [3.05, 3.63) is 0 Å². The fourth-order valence-corrected chi connectivity index (χ4v) is 1.04. The van der Waals surface area contributed by atoms with Crippen molar-refractivity contribution >= 4 is 18.0 Å². The molecule has 0 aromatic carbocycles. The number of carbonyl (C=O) groups is 3. The summed E-state index contributed by atoms with van der Waals surface area (Å²) in [5.41, 5.74) is 0. The summed E-state index contributed by atoms with van der Waals surface area (Å²) in [6, 6.07) is -0.826. The van der Waals surface area contributed by atoms with Crippen molar-refractivity contribution < 1.29 is 24.2 Å². The largest absolute Gasteiger partial charge is 0.480 e. The zero-order valence-corrected chi connectivity index (χ0v) is 8.23. The Morgan fingerprint density at radius 2 is 2.33 bits per heavy atom. The minimum atomic E-state index is -1.05. The van der Waals surface area contributed by atoms with Crippen LogP contribution in [0.1, 0.15) is 6.92 Å². The molecule has 7 heteroatoms. The first-order valence-corrected chi connectivity index (χ1v) is 4.45. The Morgan fingerprint density at radius 3 is 2.80 bits per heavy atom. The molecule has 1 aliphatic heterocycles. The Hall–Kier alpha value is -1.63. The topological polar surface area (TPSA) is 95.9 Å². The Kier molecular flexibility index (Phi) is 3.62. The summed E-state index contributed by atoms with van der Waals surface area (Å²) < 4.78 is 4.56. The summed E-state index contributed by atoms with van der Waals surface area (Å²) in [4.78, 5) is 33.6. The maximum absolute atomic E-state index is 11.4. The molecular weight excluding hydrogens is 204 g/mol. The predicted molar refractivity (Wildman–Crippen MR) is 48.2 cm³/mol. The lowest BCUT2D eigenvalue weighted by molar-refractivity contribution is -0.139. The fraction of sp³-hybridized carbons (Fsp3) is 0.625. The summed E-state index contributed by atoms with van der Waals surface area (Å²) in [7, 11) is 0.